The van der Waals surface area contributed by atoms with Crippen LogP contribution in [-0.2, 0) is 22.1 Å². The van der Waals surface area contributed by atoms with Crippen molar-refractivity contribution in [3.05, 3.63) is 48.2 Å². The smallest absolute Gasteiger partial charge is 0.244 e. The molecular formula is C13H15NO3S. The summed E-state index contributed by atoms with van der Waals surface area (Å²) in [6.07, 6.45) is 3.67. The number of hydrogen-bond donors (Lipinski definition) is 1. The molecule has 0 radical (unpaired) electrons. The number of carbonyl (C=O) groups is 1. The molecule has 1 heterocycles. The highest BCUT2D eigenvalue weighted by Gasteiger charge is 2.32. The SMILES string of the molecule is C[C@H]1C=CN([SH](=O)=O)C(=O)[C@H]1Cc1ccccc1. The molecule has 0 unspecified atom stereocenters. The molecule has 1 amide bonds. The van der Waals surface area contributed by atoms with Gasteiger partial charge >= 0.3 is 0 Å². The van der Waals surface area contributed by atoms with Gasteiger partial charge in [0.25, 0.3) is 0 Å². The van der Waals surface area contributed by atoms with Gasteiger partial charge in [-0.2, -0.15) is 0 Å². The molecule has 0 saturated carbocycles. The standard InChI is InChI=1S/C13H15NO3S/c1-10-7-8-14(18(16)17)13(15)12(10)9-11-5-3-2-4-6-11/h2-8,10,12,18H,9H2,1H3/t10-,12-/m0/s1. The molecule has 1 aliphatic rings. The fourth-order valence-corrected chi connectivity index (χ4v) is 2.59. The minimum atomic E-state index is -2.88. The van der Waals surface area contributed by atoms with Gasteiger partial charge in [0.05, 0.1) is 0 Å². The van der Waals surface area contributed by atoms with E-state index in [9.17, 15) is 13.2 Å². The normalized spacial score (nSPS) is 23.7. The van der Waals surface area contributed by atoms with E-state index >= 15 is 0 Å². The molecule has 0 saturated heterocycles. The van der Waals surface area contributed by atoms with Crippen molar-refractivity contribution in [1.82, 2.24) is 4.31 Å². The Morgan fingerprint density at radius 3 is 2.50 bits per heavy atom. The first-order valence-corrected chi connectivity index (χ1v) is 6.92. The lowest BCUT2D eigenvalue weighted by Crippen LogP contribution is -2.38. The maximum atomic E-state index is 12.1. The average Bonchev–Trinajstić information content (AvgIpc) is 2.35. The summed E-state index contributed by atoms with van der Waals surface area (Å²) in [5.74, 6) is -0.612. The van der Waals surface area contributed by atoms with Crippen LogP contribution in [0.5, 0.6) is 0 Å². The van der Waals surface area contributed by atoms with Gasteiger partial charge in [-0.05, 0) is 17.9 Å². The lowest BCUT2D eigenvalue weighted by atomic mass is 9.85. The Balaban J connectivity index is 2.22. The number of nitrogens with zero attached hydrogens (tertiary/aromatic N) is 1. The second-order valence-electron chi connectivity index (χ2n) is 4.42. The summed E-state index contributed by atoms with van der Waals surface area (Å²) in [6, 6.07) is 9.63. The van der Waals surface area contributed by atoms with Crippen LogP contribution >= 0.6 is 0 Å². The minimum absolute atomic E-state index is 0.0453. The van der Waals surface area contributed by atoms with Gasteiger partial charge in [-0.15, -0.1) is 0 Å². The number of thiol groups is 1. The highest BCUT2D eigenvalue weighted by atomic mass is 32.2. The van der Waals surface area contributed by atoms with Gasteiger partial charge in [-0.25, -0.2) is 12.7 Å². The third kappa shape index (κ3) is 2.61. The fraction of sp³-hybridized carbons (Fsp3) is 0.308. The van der Waals surface area contributed by atoms with Crippen molar-refractivity contribution in [2.45, 2.75) is 13.3 Å². The van der Waals surface area contributed by atoms with Crippen molar-refractivity contribution in [1.29, 1.82) is 0 Å². The summed E-state index contributed by atoms with van der Waals surface area (Å²) in [7, 11) is -2.88. The summed E-state index contributed by atoms with van der Waals surface area (Å²) in [5.41, 5.74) is 1.04. The number of hydrogen-bond acceptors (Lipinski definition) is 3. The number of allylic oxidation sites excluding steroid dienone is 1. The minimum Gasteiger partial charge on any atom is -0.273 e. The van der Waals surface area contributed by atoms with Crippen LogP contribution in [0.2, 0.25) is 0 Å². The summed E-state index contributed by atoms with van der Waals surface area (Å²) in [5, 5.41) is 0. The third-order valence-electron chi connectivity index (χ3n) is 3.18. The maximum Gasteiger partial charge on any atom is 0.244 e. The van der Waals surface area contributed by atoms with Crippen LogP contribution in [0.15, 0.2) is 42.6 Å². The second-order valence-corrected chi connectivity index (χ2v) is 5.32. The van der Waals surface area contributed by atoms with E-state index in [1.807, 2.05) is 37.3 Å². The summed E-state index contributed by atoms with van der Waals surface area (Å²) in [6.45, 7) is 1.93. The van der Waals surface area contributed by atoms with Gasteiger partial charge in [0.1, 0.15) is 0 Å². The quantitative estimate of drug-likeness (QED) is 0.840. The van der Waals surface area contributed by atoms with Crippen molar-refractivity contribution < 1.29 is 13.2 Å². The van der Waals surface area contributed by atoms with Gasteiger partial charge in [-0.3, -0.25) is 4.79 Å². The molecule has 0 bridgehead atoms. The van der Waals surface area contributed by atoms with Crippen LogP contribution in [0.1, 0.15) is 12.5 Å². The van der Waals surface area contributed by atoms with E-state index in [1.165, 1.54) is 6.20 Å². The van der Waals surface area contributed by atoms with Gasteiger partial charge < -0.3 is 0 Å². The number of rotatable bonds is 3. The Morgan fingerprint density at radius 1 is 1.22 bits per heavy atom. The molecule has 0 aromatic heterocycles. The molecule has 1 aromatic carbocycles. The van der Waals surface area contributed by atoms with E-state index in [4.69, 9.17) is 0 Å². The molecule has 5 heteroatoms. The van der Waals surface area contributed by atoms with Crippen molar-refractivity contribution in [3.8, 4) is 0 Å². The Hall–Kier alpha value is -1.62. The average molecular weight is 265 g/mol. The van der Waals surface area contributed by atoms with Crippen LogP contribution in [0.25, 0.3) is 0 Å². The van der Waals surface area contributed by atoms with Crippen molar-refractivity contribution in [3.63, 3.8) is 0 Å². The van der Waals surface area contributed by atoms with Gasteiger partial charge in [0.2, 0.25) is 16.8 Å². The largest absolute Gasteiger partial charge is 0.273 e. The van der Waals surface area contributed by atoms with Crippen molar-refractivity contribution >= 4 is 16.8 Å². The van der Waals surface area contributed by atoms with Crippen molar-refractivity contribution in [2.75, 3.05) is 0 Å². The molecule has 0 aliphatic carbocycles. The van der Waals surface area contributed by atoms with Gasteiger partial charge in [0, 0.05) is 12.1 Å². The highest BCUT2D eigenvalue weighted by Crippen LogP contribution is 2.25. The number of benzene rings is 1. The zero-order valence-corrected chi connectivity index (χ0v) is 10.9. The van der Waals surface area contributed by atoms with Gasteiger partial charge in [0.15, 0.2) is 0 Å². The molecule has 96 valence electrons. The summed E-state index contributed by atoms with van der Waals surface area (Å²) >= 11 is 0. The van der Waals surface area contributed by atoms with E-state index in [0.29, 0.717) is 6.42 Å². The van der Waals surface area contributed by atoms with Gasteiger partial charge in [-0.1, -0.05) is 43.3 Å². The van der Waals surface area contributed by atoms with Crippen molar-refractivity contribution in [2.24, 2.45) is 11.8 Å². The fourth-order valence-electron chi connectivity index (χ4n) is 2.10. The Bertz CT molecular complexity index is 528. The zero-order valence-electron chi connectivity index (χ0n) is 10.0. The first-order chi connectivity index (χ1) is 8.59. The monoisotopic (exact) mass is 265 g/mol. The Kier molecular flexibility index (Phi) is 3.81. The Morgan fingerprint density at radius 2 is 1.89 bits per heavy atom. The summed E-state index contributed by atoms with van der Waals surface area (Å²) in [4.78, 5) is 12.1. The van der Waals surface area contributed by atoms with Crippen LogP contribution in [0.4, 0.5) is 0 Å². The van der Waals surface area contributed by atoms with E-state index in [2.05, 4.69) is 0 Å². The highest BCUT2D eigenvalue weighted by molar-refractivity contribution is 7.70. The van der Waals surface area contributed by atoms with E-state index in [-0.39, 0.29) is 17.7 Å². The Labute approximate surface area is 108 Å². The molecule has 2 rings (SSSR count). The zero-order chi connectivity index (χ0) is 13.1. The molecule has 2 atom stereocenters. The maximum absolute atomic E-state index is 12.1. The molecule has 1 aliphatic heterocycles. The lowest BCUT2D eigenvalue weighted by molar-refractivity contribution is -0.130. The molecule has 0 fully saturated rings. The third-order valence-corrected chi connectivity index (χ3v) is 3.87. The first kappa shape index (κ1) is 12.8. The van der Waals surface area contributed by atoms with E-state index < -0.39 is 10.9 Å². The van der Waals surface area contributed by atoms with Crippen LogP contribution in [0, 0.1) is 11.8 Å². The summed E-state index contributed by atoms with van der Waals surface area (Å²) < 4.78 is 22.7. The van der Waals surface area contributed by atoms with Crippen LogP contribution in [-0.4, -0.2) is 18.6 Å². The predicted octanol–water partition coefficient (Wildman–Crippen LogP) is 1.36. The van der Waals surface area contributed by atoms with Crippen LogP contribution < -0.4 is 0 Å². The molecule has 4 nitrogen and oxygen atoms in total. The number of amides is 1. The molecule has 1 aromatic rings. The van der Waals surface area contributed by atoms with Crippen LogP contribution in [0.3, 0.4) is 0 Å². The number of carbonyl (C=O) groups excluding carboxylic acids is 1. The predicted molar refractivity (Wildman–Crippen MR) is 69.1 cm³/mol. The molecule has 0 spiro atoms. The molecule has 0 N–H and O–H groups in total. The molecular weight excluding hydrogens is 250 g/mol. The van der Waals surface area contributed by atoms with E-state index in [1.54, 1.807) is 6.08 Å². The second kappa shape index (κ2) is 5.35. The van der Waals surface area contributed by atoms with E-state index in [0.717, 1.165) is 9.87 Å². The first-order valence-electron chi connectivity index (χ1n) is 5.79. The topological polar surface area (TPSA) is 54.5 Å². The lowest BCUT2D eigenvalue weighted by Gasteiger charge is -2.28. The molecule has 18 heavy (non-hydrogen) atoms.